The first-order valence-corrected chi connectivity index (χ1v) is 12.5. The number of hydroxylamine groups is 1. The number of anilines is 2. The first kappa shape index (κ1) is 23.9. The Morgan fingerprint density at radius 3 is 2.17 bits per heavy atom. The Morgan fingerprint density at radius 2 is 1.50 bits per heavy atom. The van der Waals surface area contributed by atoms with Gasteiger partial charge in [-0.15, -0.1) is 0 Å². The van der Waals surface area contributed by atoms with Crippen molar-refractivity contribution >= 4 is 23.2 Å². The lowest BCUT2D eigenvalue weighted by Gasteiger charge is -2.29. The van der Waals surface area contributed by atoms with Gasteiger partial charge in [0.25, 0.3) is 5.91 Å². The molecule has 0 saturated carbocycles. The van der Waals surface area contributed by atoms with E-state index in [9.17, 15) is 9.59 Å². The van der Waals surface area contributed by atoms with Gasteiger partial charge < -0.3 is 9.47 Å². The highest BCUT2D eigenvalue weighted by Gasteiger charge is 2.60. The van der Waals surface area contributed by atoms with E-state index >= 15 is 0 Å². The van der Waals surface area contributed by atoms with Gasteiger partial charge in [-0.2, -0.15) is 0 Å². The van der Waals surface area contributed by atoms with Crippen LogP contribution in [0.25, 0.3) is 0 Å². The topological polar surface area (TPSA) is 68.3 Å². The second-order valence-corrected chi connectivity index (χ2v) is 8.85. The number of fused-ring (bicyclic) bond motifs is 1. The zero-order chi connectivity index (χ0) is 25.1. The molecule has 3 aromatic rings. The number of unbranched alkanes of at least 4 members (excludes halogenated alkanes) is 1. The third-order valence-corrected chi connectivity index (χ3v) is 6.51. The predicted octanol–water partition coefficient (Wildman–Crippen LogP) is 5.32. The van der Waals surface area contributed by atoms with E-state index in [1.165, 1.54) is 4.90 Å². The Morgan fingerprint density at radius 1 is 0.806 bits per heavy atom. The summed E-state index contributed by atoms with van der Waals surface area (Å²) in [7, 11) is 0. The normalized spacial score (nSPS) is 21.1. The van der Waals surface area contributed by atoms with Gasteiger partial charge in [0.15, 0.2) is 17.6 Å². The molecule has 0 aromatic heterocycles. The fourth-order valence-electron chi connectivity index (χ4n) is 4.81. The second kappa shape index (κ2) is 10.4. The summed E-state index contributed by atoms with van der Waals surface area (Å²) in [5.41, 5.74) is 2.13. The van der Waals surface area contributed by atoms with Crippen molar-refractivity contribution in [2.24, 2.45) is 5.92 Å². The SMILES string of the molecule is CCCCOc1ccc([C@@H]2[C@H]3C(=O)N(c4ccccc4)C(=O)[C@@H]3ON2c2ccccc2)cc1OCC. The monoisotopic (exact) mass is 486 g/mol. The van der Waals surface area contributed by atoms with Crippen molar-refractivity contribution < 1.29 is 23.9 Å². The fraction of sp³-hybridized carbons (Fsp3) is 0.310. The molecule has 3 aromatic carbocycles. The summed E-state index contributed by atoms with van der Waals surface area (Å²) >= 11 is 0. The van der Waals surface area contributed by atoms with Crippen LogP contribution in [-0.2, 0) is 14.4 Å². The summed E-state index contributed by atoms with van der Waals surface area (Å²) < 4.78 is 11.9. The Kier molecular flexibility index (Phi) is 6.91. The van der Waals surface area contributed by atoms with E-state index in [1.54, 1.807) is 17.2 Å². The molecule has 0 radical (unpaired) electrons. The lowest BCUT2D eigenvalue weighted by molar-refractivity contribution is -0.126. The average molecular weight is 487 g/mol. The number of carbonyl (C=O) groups excluding carboxylic acids is 2. The van der Waals surface area contributed by atoms with Gasteiger partial charge in [-0.05, 0) is 55.3 Å². The number of ether oxygens (including phenoxy) is 2. The molecule has 2 aliphatic rings. The number of para-hydroxylation sites is 2. The lowest BCUT2D eigenvalue weighted by atomic mass is 9.90. The molecule has 0 spiro atoms. The first-order valence-electron chi connectivity index (χ1n) is 12.5. The summed E-state index contributed by atoms with van der Waals surface area (Å²) in [6, 6.07) is 23.7. The first-order chi connectivity index (χ1) is 17.6. The van der Waals surface area contributed by atoms with E-state index in [0.29, 0.717) is 30.4 Å². The minimum Gasteiger partial charge on any atom is -0.490 e. The van der Waals surface area contributed by atoms with Crippen LogP contribution in [0.2, 0.25) is 0 Å². The molecular weight excluding hydrogens is 456 g/mol. The minimum absolute atomic E-state index is 0.277. The fourth-order valence-corrected chi connectivity index (χ4v) is 4.81. The van der Waals surface area contributed by atoms with Gasteiger partial charge in [0.2, 0.25) is 5.91 Å². The molecule has 7 heteroatoms. The third-order valence-electron chi connectivity index (χ3n) is 6.51. The third kappa shape index (κ3) is 4.31. The predicted molar refractivity (Wildman–Crippen MR) is 137 cm³/mol. The molecule has 2 heterocycles. The number of nitrogens with zero attached hydrogens (tertiary/aromatic N) is 2. The van der Waals surface area contributed by atoms with E-state index in [-0.39, 0.29) is 11.8 Å². The summed E-state index contributed by atoms with van der Waals surface area (Å²) in [4.78, 5) is 34.7. The summed E-state index contributed by atoms with van der Waals surface area (Å²) in [6.07, 6.45) is 1.06. The number of hydrogen-bond donors (Lipinski definition) is 0. The van der Waals surface area contributed by atoms with Crippen LogP contribution in [0.4, 0.5) is 11.4 Å². The molecule has 5 rings (SSSR count). The minimum atomic E-state index is -0.918. The Hall–Kier alpha value is -3.84. The van der Waals surface area contributed by atoms with Gasteiger partial charge in [0, 0.05) is 0 Å². The molecule has 2 fully saturated rings. The molecule has 36 heavy (non-hydrogen) atoms. The van der Waals surface area contributed by atoms with Crippen molar-refractivity contribution in [2.45, 2.75) is 38.8 Å². The van der Waals surface area contributed by atoms with Crippen LogP contribution >= 0.6 is 0 Å². The highest BCUT2D eigenvalue weighted by molar-refractivity contribution is 6.23. The largest absolute Gasteiger partial charge is 0.490 e. The van der Waals surface area contributed by atoms with Crippen LogP contribution in [0.3, 0.4) is 0 Å². The molecule has 2 amide bonds. The van der Waals surface area contributed by atoms with Crippen molar-refractivity contribution in [3.63, 3.8) is 0 Å². The molecule has 2 saturated heterocycles. The molecule has 7 nitrogen and oxygen atoms in total. The van der Waals surface area contributed by atoms with Crippen LogP contribution < -0.4 is 19.4 Å². The van der Waals surface area contributed by atoms with Gasteiger partial charge in [0.1, 0.15) is 5.92 Å². The van der Waals surface area contributed by atoms with Crippen molar-refractivity contribution in [3.8, 4) is 11.5 Å². The van der Waals surface area contributed by atoms with Gasteiger partial charge in [-0.3, -0.25) is 14.4 Å². The number of amides is 2. The van der Waals surface area contributed by atoms with Crippen molar-refractivity contribution in [2.75, 3.05) is 23.2 Å². The molecular formula is C29H30N2O5. The van der Waals surface area contributed by atoms with Crippen molar-refractivity contribution in [1.82, 2.24) is 0 Å². The number of benzene rings is 3. The molecule has 0 bridgehead atoms. The van der Waals surface area contributed by atoms with Crippen molar-refractivity contribution in [1.29, 1.82) is 0 Å². The van der Waals surface area contributed by atoms with E-state index in [1.807, 2.05) is 73.7 Å². The number of rotatable bonds is 9. The van der Waals surface area contributed by atoms with E-state index in [0.717, 1.165) is 24.1 Å². The number of imide groups is 1. The van der Waals surface area contributed by atoms with Crippen LogP contribution in [0.1, 0.15) is 38.3 Å². The molecule has 186 valence electrons. The molecule has 0 aliphatic carbocycles. The average Bonchev–Trinajstić information content (AvgIpc) is 3.42. The molecule has 0 unspecified atom stereocenters. The maximum Gasteiger partial charge on any atom is 0.266 e. The van der Waals surface area contributed by atoms with Crippen molar-refractivity contribution in [3.05, 3.63) is 84.4 Å². The standard InChI is InChI=1S/C29H30N2O5/c1-3-5-18-35-23-17-16-20(19-24(23)34-4-2)26-25-27(36-31(26)22-14-10-7-11-15-22)29(33)30(28(25)32)21-12-8-6-9-13-21/h6-17,19,25-27H,3-5,18H2,1-2H3/t25-,26-,27-/m1/s1. The molecule has 3 atom stereocenters. The van der Waals surface area contributed by atoms with Crippen LogP contribution in [0, 0.1) is 5.92 Å². The van der Waals surface area contributed by atoms with E-state index in [4.69, 9.17) is 14.3 Å². The van der Waals surface area contributed by atoms with Gasteiger partial charge in [-0.1, -0.05) is 55.8 Å². The molecule has 2 aliphatic heterocycles. The Labute approximate surface area is 211 Å². The highest BCUT2D eigenvalue weighted by Crippen LogP contribution is 2.48. The Balaban J connectivity index is 1.55. The van der Waals surface area contributed by atoms with Gasteiger partial charge in [-0.25, -0.2) is 9.96 Å². The lowest BCUT2D eigenvalue weighted by Crippen LogP contribution is -2.37. The smallest absolute Gasteiger partial charge is 0.266 e. The molecule has 0 N–H and O–H groups in total. The maximum atomic E-state index is 13.8. The van der Waals surface area contributed by atoms with Gasteiger partial charge in [0.05, 0.1) is 30.6 Å². The van der Waals surface area contributed by atoms with E-state index in [2.05, 4.69) is 6.92 Å². The van der Waals surface area contributed by atoms with Crippen LogP contribution in [-0.4, -0.2) is 31.1 Å². The van der Waals surface area contributed by atoms with Gasteiger partial charge >= 0.3 is 0 Å². The summed E-state index contributed by atoms with van der Waals surface area (Å²) in [5, 5.41) is 1.69. The maximum absolute atomic E-state index is 13.8. The zero-order valence-electron chi connectivity index (χ0n) is 20.5. The van der Waals surface area contributed by atoms with Crippen LogP contribution in [0.5, 0.6) is 11.5 Å². The quantitative estimate of drug-likeness (QED) is 0.301. The highest BCUT2D eigenvalue weighted by atomic mass is 16.7. The number of carbonyl (C=O) groups is 2. The van der Waals surface area contributed by atoms with E-state index < -0.39 is 18.1 Å². The number of hydrogen-bond acceptors (Lipinski definition) is 6. The Bertz CT molecular complexity index is 1220. The second-order valence-electron chi connectivity index (χ2n) is 8.85. The zero-order valence-corrected chi connectivity index (χ0v) is 20.5. The summed E-state index contributed by atoms with van der Waals surface area (Å²) in [5.74, 6) is -0.0703. The van der Waals surface area contributed by atoms with Crippen LogP contribution in [0.15, 0.2) is 78.9 Å². The summed E-state index contributed by atoms with van der Waals surface area (Å²) in [6.45, 7) is 5.11.